The average molecular weight is 903 g/mol. The number of nitrogens with zero attached hydrogens (tertiary/aromatic N) is 3. The van der Waals surface area contributed by atoms with Crippen LogP contribution in [0.3, 0.4) is 0 Å². The Morgan fingerprint density at radius 3 is 2.32 bits per heavy atom. The third-order valence-corrected chi connectivity index (χ3v) is 14.8. The Balaban J connectivity index is 0.000000191. The molecule has 50 heavy (non-hydrogen) atoms. The third kappa shape index (κ3) is 8.49. The van der Waals surface area contributed by atoms with Crippen LogP contribution in [0.5, 0.6) is 0 Å². The minimum atomic E-state index is -1.94. The molecule has 1 radical (unpaired) electrons. The van der Waals surface area contributed by atoms with Gasteiger partial charge in [-0.2, -0.15) is 0 Å². The van der Waals surface area contributed by atoms with E-state index in [1.807, 2.05) is 25.3 Å². The van der Waals surface area contributed by atoms with Crippen LogP contribution in [-0.4, -0.2) is 28.2 Å². The zero-order chi connectivity index (χ0) is 34.7. The molecule has 6 aromatic rings. The smallest absolute Gasteiger partial charge is 0 e. The van der Waals surface area contributed by atoms with Crippen LogP contribution in [-0.2, 0) is 26.5 Å². The first-order valence-corrected chi connectivity index (χ1v) is 25.6. The topological polar surface area (TPSA) is 51.8 Å². The van der Waals surface area contributed by atoms with Gasteiger partial charge in [0.2, 0.25) is 5.71 Å². The van der Waals surface area contributed by atoms with Crippen molar-refractivity contribution in [3.63, 3.8) is 0 Å². The van der Waals surface area contributed by atoms with E-state index in [1.165, 1.54) is 54.5 Å². The summed E-state index contributed by atoms with van der Waals surface area (Å²) in [6.07, 6.45) is 11.1. The fourth-order valence-electron chi connectivity index (χ4n) is 7.81. The minimum Gasteiger partial charge on any atom is 0 e. The number of fused-ring (bicyclic) bond motifs is 3. The first-order valence-electron chi connectivity index (χ1n) is 18.2. The number of hydrogen-bond acceptors (Lipinski definition) is 4. The van der Waals surface area contributed by atoms with Gasteiger partial charge in [-0.05, 0) is 43.5 Å². The molecule has 4 heterocycles. The Morgan fingerprint density at radius 1 is 0.880 bits per heavy atom. The maximum atomic E-state index is 5.92. The van der Waals surface area contributed by atoms with Crippen molar-refractivity contribution in [1.29, 1.82) is 0 Å². The van der Waals surface area contributed by atoms with E-state index in [-0.39, 0.29) is 20.1 Å². The van der Waals surface area contributed by atoms with Crippen molar-refractivity contribution < 1.29 is 24.5 Å². The van der Waals surface area contributed by atoms with Crippen LogP contribution in [0, 0.1) is 38.8 Å². The molecule has 0 amide bonds. The van der Waals surface area contributed by atoms with Gasteiger partial charge in [0.1, 0.15) is 0 Å². The van der Waals surface area contributed by atoms with Gasteiger partial charge in [0, 0.05) is 37.4 Å². The van der Waals surface area contributed by atoms with Gasteiger partial charge in [0.15, 0.2) is 0 Å². The summed E-state index contributed by atoms with van der Waals surface area (Å²) in [4.78, 5) is 14.0. The van der Waals surface area contributed by atoms with Gasteiger partial charge in [-0.25, -0.2) is 4.98 Å². The van der Waals surface area contributed by atoms with E-state index in [9.17, 15) is 0 Å². The van der Waals surface area contributed by atoms with E-state index in [1.54, 1.807) is 9.96 Å². The minimum absolute atomic E-state index is 0. The zero-order valence-corrected chi connectivity index (χ0v) is 35.5. The second kappa shape index (κ2) is 16.5. The number of pyridine rings is 3. The van der Waals surface area contributed by atoms with Crippen molar-refractivity contribution in [3.05, 3.63) is 107 Å². The van der Waals surface area contributed by atoms with E-state index in [4.69, 9.17) is 9.40 Å². The molecule has 0 aliphatic heterocycles. The van der Waals surface area contributed by atoms with Crippen molar-refractivity contribution in [2.24, 2.45) is 5.92 Å². The Hall–Kier alpha value is -3.12. The Morgan fingerprint density at radius 2 is 1.62 bits per heavy atom. The van der Waals surface area contributed by atoms with Gasteiger partial charge in [-0.3, -0.25) is 0 Å². The predicted octanol–water partition coefficient (Wildman–Crippen LogP) is 11.5. The maximum absolute atomic E-state index is 5.92. The molecule has 0 N–H and O–H groups in total. The number of aromatic nitrogens is 3. The summed E-state index contributed by atoms with van der Waals surface area (Å²) in [5.41, 5.74) is 12.0. The summed E-state index contributed by atoms with van der Waals surface area (Å²) >= 11 is -1.94. The molecule has 4 nitrogen and oxygen atoms in total. The molecule has 4 aromatic heterocycles. The fraction of sp³-hybridized carbons (Fsp3) is 0.386. The molecule has 2 aromatic carbocycles. The quantitative estimate of drug-likeness (QED) is 0.113. The van der Waals surface area contributed by atoms with Crippen LogP contribution in [0.15, 0.2) is 71.3 Å². The Kier molecular flexibility index (Phi) is 12.6. The van der Waals surface area contributed by atoms with Gasteiger partial charge >= 0.3 is 150 Å². The Labute approximate surface area is 315 Å². The molecule has 0 atom stereocenters. The molecule has 0 spiro atoms. The predicted molar refractivity (Wildman–Crippen MR) is 208 cm³/mol. The number of aryl methyl sites for hydroxylation is 3. The van der Waals surface area contributed by atoms with Crippen LogP contribution in [0.4, 0.5) is 0 Å². The number of hydrogen-bond donors (Lipinski definition) is 0. The molecule has 0 unspecified atom stereocenters. The molecule has 1 aliphatic rings. The van der Waals surface area contributed by atoms with Gasteiger partial charge in [0.25, 0.3) is 0 Å². The number of benzene rings is 2. The van der Waals surface area contributed by atoms with Gasteiger partial charge in [0.05, 0.1) is 5.58 Å². The summed E-state index contributed by atoms with van der Waals surface area (Å²) in [6.45, 7) is 10.8. The maximum Gasteiger partial charge on any atom is 0 e. The fourth-order valence-corrected chi connectivity index (χ4v) is 12.6. The van der Waals surface area contributed by atoms with Crippen LogP contribution >= 0.6 is 0 Å². The number of rotatable bonds is 8. The first-order chi connectivity index (χ1) is 23.5. The normalized spacial score (nSPS) is 13.5. The second-order valence-corrected chi connectivity index (χ2v) is 25.5. The van der Waals surface area contributed by atoms with Crippen molar-refractivity contribution >= 4 is 39.7 Å². The number of furan rings is 1. The van der Waals surface area contributed by atoms with Gasteiger partial charge in [-0.15, -0.1) is 17.7 Å². The van der Waals surface area contributed by atoms with E-state index in [0.29, 0.717) is 11.6 Å². The molecule has 263 valence electrons. The van der Waals surface area contributed by atoms with Crippen molar-refractivity contribution in [2.75, 3.05) is 0 Å². The molecule has 1 aliphatic carbocycles. The van der Waals surface area contributed by atoms with E-state index in [0.717, 1.165) is 57.8 Å². The van der Waals surface area contributed by atoms with Crippen molar-refractivity contribution in [3.8, 4) is 22.5 Å². The zero-order valence-electron chi connectivity index (χ0n) is 31.0. The monoisotopic (exact) mass is 904 g/mol. The third-order valence-electron chi connectivity index (χ3n) is 10.3. The Bertz CT molecular complexity index is 2070. The summed E-state index contributed by atoms with van der Waals surface area (Å²) in [5.74, 6) is 8.96. The van der Waals surface area contributed by atoms with Gasteiger partial charge < -0.3 is 9.40 Å². The summed E-state index contributed by atoms with van der Waals surface area (Å²) in [7, 11) is 0. The summed E-state index contributed by atoms with van der Waals surface area (Å²) < 4.78 is 7.56. The van der Waals surface area contributed by atoms with Crippen molar-refractivity contribution in [1.82, 2.24) is 15.0 Å². The van der Waals surface area contributed by atoms with Crippen LogP contribution in [0.2, 0.25) is 17.3 Å². The second-order valence-electron chi connectivity index (χ2n) is 15.0. The first kappa shape index (κ1) is 38.1. The van der Waals surface area contributed by atoms with E-state index >= 15 is 0 Å². The molecule has 1 saturated carbocycles. The molecule has 0 bridgehead atoms. The SMILES string of the molecule is CCC(CC)c1ccnc(-c2[c-]c3oc4nc(C)ccc4c3cc2)c1.Cc1ccc[c-]c1-c1cc(CC2CCCC2)[c]([Ge]([CH3])([CH3])[CH3])c(C)n1.[Ir]. The van der Waals surface area contributed by atoms with Gasteiger partial charge in [-0.1, -0.05) is 43.0 Å². The molecule has 6 heteroatoms. The van der Waals surface area contributed by atoms with Crippen LogP contribution in [0.25, 0.3) is 44.6 Å². The molecule has 1 fully saturated rings. The van der Waals surface area contributed by atoms with Crippen molar-refractivity contribution in [2.45, 2.75) is 103 Å². The molecular weight excluding hydrogens is 851 g/mol. The van der Waals surface area contributed by atoms with Crippen LogP contribution < -0.4 is 4.40 Å². The largest absolute Gasteiger partial charge is 0 e. The summed E-state index contributed by atoms with van der Waals surface area (Å²) in [6, 6.07) is 27.9. The van der Waals surface area contributed by atoms with E-state index < -0.39 is 13.3 Å². The molecule has 0 saturated heterocycles. The molecular formula is C44H51GeIrN3O-2. The van der Waals surface area contributed by atoms with Crippen LogP contribution in [0.1, 0.15) is 86.4 Å². The summed E-state index contributed by atoms with van der Waals surface area (Å²) in [5, 5.41) is 2.07. The molecule has 7 rings (SSSR count). The average Bonchev–Trinajstić information content (AvgIpc) is 3.72. The standard InChI is InChI=1S/C22H30GeN.C22H21N2O.Ir/c1-16-10-6-9-13-20(16)21-15-19(14-18-11-7-8-12-18)22(17(2)24-21)23(3,4)5;1-4-15(5-2)16-10-11-23-20(12-16)17-7-9-18-19-8-6-14(3)24-22(19)25-21(18)13-17;/h6,9-10,15,18H,7-8,11-12,14H2,1-5H3;6-12,15H,4-5H2,1-3H3;/q2*-1;. The van der Waals surface area contributed by atoms with E-state index in [2.05, 4.69) is 116 Å².